The van der Waals surface area contributed by atoms with E-state index < -0.39 is 15.1 Å². The van der Waals surface area contributed by atoms with Crippen LogP contribution in [0.4, 0.5) is 0 Å². The summed E-state index contributed by atoms with van der Waals surface area (Å²) in [6.07, 6.45) is 56.9. The van der Waals surface area contributed by atoms with E-state index in [2.05, 4.69) is 181 Å². The van der Waals surface area contributed by atoms with Crippen molar-refractivity contribution in [1.82, 2.24) is 0 Å². The van der Waals surface area contributed by atoms with Crippen LogP contribution in [0.2, 0.25) is 0 Å². The summed E-state index contributed by atoms with van der Waals surface area (Å²) in [4.78, 5) is 0. The zero-order valence-corrected chi connectivity index (χ0v) is 44.2. The summed E-state index contributed by atoms with van der Waals surface area (Å²) in [5.41, 5.74) is 0. The van der Waals surface area contributed by atoms with Crippen LogP contribution in [0.3, 0.4) is 0 Å². The van der Waals surface area contributed by atoms with Crippen molar-refractivity contribution >= 4 is 69.7 Å². The number of hydrogen-bond acceptors (Lipinski definition) is 4. The monoisotopic (exact) mass is 920 g/mol. The fourth-order valence-corrected chi connectivity index (χ4v) is 8.21. The molecule has 0 N–H and O–H groups in total. The molecule has 12 heteroatoms. The normalized spacial score (nSPS) is 16.5. The average Bonchev–Trinajstić information content (AvgIpc) is 3.18. The third-order valence-electron chi connectivity index (χ3n) is 8.27. The van der Waals surface area contributed by atoms with E-state index in [9.17, 15) is 0 Å². The van der Waals surface area contributed by atoms with E-state index in [4.69, 9.17) is 18.1 Å². The minimum Gasteiger partial charge on any atom is -0.358 e. The molecule has 0 aromatic rings. The second-order valence-corrected chi connectivity index (χ2v) is 25.5. The third kappa shape index (κ3) is 40.1. The van der Waals surface area contributed by atoms with Gasteiger partial charge in [-0.15, -0.1) is 0 Å². The Kier molecular flexibility index (Phi) is 47.5. The summed E-state index contributed by atoms with van der Waals surface area (Å²) in [5.74, 6) is 0.658. The quantitative estimate of drug-likeness (QED) is 0.0292. The molecule has 0 rings (SSSR count). The Hall–Kier alpha value is 0.680. The highest BCUT2D eigenvalue weighted by atomic mass is 32.4. The molecule has 0 aromatic heterocycles. The Morgan fingerprint density at radius 3 is 1.04 bits per heavy atom. The fraction of sp³-hybridized carbons (Fsp3) is 0.545. The van der Waals surface area contributed by atoms with E-state index in [1.165, 1.54) is 51.4 Å². The van der Waals surface area contributed by atoms with Crippen LogP contribution >= 0.6 is 69.7 Å². The molecule has 56 heavy (non-hydrogen) atoms. The predicted octanol–water partition coefficient (Wildman–Crippen LogP) is 16.6. The fourth-order valence-electron chi connectivity index (χ4n) is 4.99. The Bertz CT molecular complexity index is 1090. The van der Waals surface area contributed by atoms with Crippen molar-refractivity contribution in [1.29, 1.82) is 0 Å². The summed E-state index contributed by atoms with van der Waals surface area (Å²) >= 11 is 0. The number of allylic oxidation sites excluding steroid dienone is 14. The van der Waals surface area contributed by atoms with E-state index in [1.54, 1.807) is 0 Å². The number of unbranched alkanes of at least 4 members (excludes halogenated alkanes) is 6. The van der Waals surface area contributed by atoms with Gasteiger partial charge in [0.05, 0.1) is 39.5 Å². The Labute approximate surface area is 362 Å². The van der Waals surface area contributed by atoms with E-state index in [-0.39, 0.29) is 24.4 Å². The van der Waals surface area contributed by atoms with Crippen LogP contribution in [0, 0.1) is 11.8 Å². The first-order valence-corrected chi connectivity index (χ1v) is 30.4. The van der Waals surface area contributed by atoms with Gasteiger partial charge in [-0.25, -0.2) is 0 Å². The van der Waals surface area contributed by atoms with Crippen molar-refractivity contribution in [3.8, 4) is 0 Å². The molecule has 0 amide bonds. The van der Waals surface area contributed by atoms with Gasteiger partial charge in [0, 0.05) is 30.8 Å². The molecule has 0 saturated heterocycles. The summed E-state index contributed by atoms with van der Waals surface area (Å²) in [7, 11) is 14.6. The lowest BCUT2D eigenvalue weighted by molar-refractivity contribution is 0.244. The molecule has 0 aromatic carbocycles. The van der Waals surface area contributed by atoms with Crippen molar-refractivity contribution in [2.75, 3.05) is 0 Å². The molecule has 4 nitrogen and oxygen atoms in total. The molecule has 0 spiro atoms. The molecule has 0 aliphatic heterocycles. The Morgan fingerprint density at radius 1 is 0.429 bits per heavy atom. The lowest BCUT2D eigenvalue weighted by Gasteiger charge is -2.20. The summed E-state index contributed by atoms with van der Waals surface area (Å²) in [6, 6.07) is 0. The molecule has 0 heterocycles. The highest BCUT2D eigenvalue weighted by Crippen LogP contribution is 2.56. The van der Waals surface area contributed by atoms with Crippen LogP contribution in [0.5, 0.6) is 0 Å². The molecule has 12 unspecified atom stereocenters. The van der Waals surface area contributed by atoms with Gasteiger partial charge in [-0.05, 0) is 25.7 Å². The SMILES string of the molecule is CC/C=C\C(OP(P)P)C(C)/C=C/C=C/C=C\C=C\C(CCCCCC)OP.CCC=CC(OP(P)P)C(C)C=CC=CC=CC=CC(CCCCCC)OP. The van der Waals surface area contributed by atoms with Crippen molar-refractivity contribution in [3.63, 3.8) is 0 Å². The largest absolute Gasteiger partial charge is 0.358 e. The van der Waals surface area contributed by atoms with E-state index >= 15 is 0 Å². The average molecular weight is 921 g/mol. The predicted molar refractivity (Wildman–Crippen MR) is 279 cm³/mol. The molecule has 0 fully saturated rings. The second-order valence-electron chi connectivity index (χ2n) is 13.4. The van der Waals surface area contributed by atoms with Gasteiger partial charge >= 0.3 is 0 Å². The molecular formula is C44H80O4P8. The van der Waals surface area contributed by atoms with Crippen LogP contribution < -0.4 is 0 Å². The van der Waals surface area contributed by atoms with E-state index in [0.29, 0.717) is 11.8 Å². The number of hydrogen-bond donors (Lipinski definition) is 0. The molecule has 12 atom stereocenters. The molecule has 0 radical (unpaired) electrons. The topological polar surface area (TPSA) is 36.9 Å². The van der Waals surface area contributed by atoms with E-state index in [0.717, 1.165) is 25.7 Å². The zero-order valence-electron chi connectivity index (χ0n) is 35.5. The number of rotatable bonds is 32. The summed E-state index contributed by atoms with van der Waals surface area (Å²) in [6.45, 7) is 13.1. The van der Waals surface area contributed by atoms with Gasteiger partial charge in [-0.1, -0.05) is 250 Å². The summed E-state index contributed by atoms with van der Waals surface area (Å²) < 4.78 is 22.8. The van der Waals surface area contributed by atoms with Crippen molar-refractivity contribution in [3.05, 3.63) is 122 Å². The molecule has 0 aliphatic rings. The van der Waals surface area contributed by atoms with Gasteiger partial charge in [-0.2, -0.15) is 0 Å². The smallest absolute Gasteiger partial charge is 0.0867 e. The first kappa shape index (κ1) is 58.8. The molecule has 0 saturated carbocycles. The molecule has 0 aliphatic carbocycles. The Morgan fingerprint density at radius 2 is 0.750 bits per heavy atom. The van der Waals surface area contributed by atoms with Gasteiger partial charge < -0.3 is 18.1 Å². The summed E-state index contributed by atoms with van der Waals surface area (Å²) in [5, 5.41) is 0. The molecular weight excluding hydrogens is 840 g/mol. The lowest BCUT2D eigenvalue weighted by Crippen LogP contribution is -2.14. The van der Waals surface area contributed by atoms with Gasteiger partial charge in [-0.3, -0.25) is 0 Å². The molecule has 0 bridgehead atoms. The van der Waals surface area contributed by atoms with Crippen LogP contribution in [0.15, 0.2) is 122 Å². The van der Waals surface area contributed by atoms with Crippen LogP contribution in [-0.2, 0) is 18.1 Å². The first-order valence-electron chi connectivity index (χ1n) is 20.4. The van der Waals surface area contributed by atoms with Crippen molar-refractivity contribution in [2.24, 2.45) is 11.8 Å². The maximum absolute atomic E-state index is 5.99. The maximum atomic E-state index is 5.99. The zero-order chi connectivity index (χ0) is 42.1. The van der Waals surface area contributed by atoms with Crippen LogP contribution in [0.25, 0.3) is 0 Å². The van der Waals surface area contributed by atoms with Crippen LogP contribution in [-0.4, -0.2) is 24.4 Å². The van der Waals surface area contributed by atoms with Gasteiger partial charge in [0.25, 0.3) is 0 Å². The van der Waals surface area contributed by atoms with Gasteiger partial charge in [0.15, 0.2) is 0 Å². The van der Waals surface area contributed by atoms with Crippen molar-refractivity contribution < 1.29 is 18.1 Å². The standard InChI is InChI=1S/2C22H40O2P4/c2*1-4-6-8-14-17-21(23-25)18-15-12-10-9-11-13-16-20(3)22(19-7-5-2)24-28(26)27/h2*7,9-13,15-16,18-22H,4-6,8,14,17,25-27H2,1-3H3/b11-9+,12-10-,16-13+,18-15+,19-7-;. The highest BCUT2D eigenvalue weighted by molar-refractivity contribution is 8.41. The first-order chi connectivity index (χ1) is 27.1. The minimum absolute atomic E-state index is 0.116. The molecule has 320 valence electrons. The highest BCUT2D eigenvalue weighted by Gasteiger charge is 2.14. The third-order valence-corrected chi connectivity index (χ3v) is 11.4. The lowest BCUT2D eigenvalue weighted by atomic mass is 10.0. The minimum atomic E-state index is -0.531. The second kappa shape index (κ2) is 45.2. The maximum Gasteiger partial charge on any atom is 0.0867 e. The van der Waals surface area contributed by atoms with Gasteiger partial charge in [0.1, 0.15) is 0 Å². The van der Waals surface area contributed by atoms with E-state index in [1.807, 2.05) is 36.5 Å². The Balaban J connectivity index is 0. The van der Waals surface area contributed by atoms with Crippen LogP contribution in [0.1, 0.15) is 119 Å². The van der Waals surface area contributed by atoms with Gasteiger partial charge in [0.2, 0.25) is 0 Å². The van der Waals surface area contributed by atoms with Crippen molar-refractivity contribution in [2.45, 2.75) is 143 Å².